The summed E-state index contributed by atoms with van der Waals surface area (Å²) in [6.07, 6.45) is 0. The standard InChI is InChI=1S/C22H20Cl5N5O2/c1-9(28)10(2)30-21(29)32-19(33)15-8-14(3-4-16(15)25)31-20(34)18-17(22(18,26)27)11-5-12(23)7-13(24)6-11/h3-8,17-18H,28H2,1-2H3,(H,31,34)(H3,29,30,32,33)/b10-9-. The highest BCUT2D eigenvalue weighted by molar-refractivity contribution is 6.53. The first-order valence-corrected chi connectivity index (χ1v) is 11.7. The van der Waals surface area contributed by atoms with Crippen LogP contribution in [0.25, 0.3) is 0 Å². The molecule has 0 spiro atoms. The molecule has 2 amide bonds. The molecule has 2 aromatic carbocycles. The van der Waals surface area contributed by atoms with Crippen molar-refractivity contribution in [3.8, 4) is 0 Å². The molecule has 2 atom stereocenters. The molecule has 1 saturated carbocycles. The number of guanidine groups is 1. The molecule has 0 saturated heterocycles. The van der Waals surface area contributed by atoms with Gasteiger partial charge in [0.25, 0.3) is 5.91 Å². The minimum atomic E-state index is -1.35. The summed E-state index contributed by atoms with van der Waals surface area (Å²) >= 11 is 31.1. The van der Waals surface area contributed by atoms with Crippen LogP contribution < -0.4 is 22.1 Å². The van der Waals surface area contributed by atoms with Crippen LogP contribution in [-0.2, 0) is 4.79 Å². The number of amides is 2. The minimum absolute atomic E-state index is 0.0701. The summed E-state index contributed by atoms with van der Waals surface area (Å²) in [4.78, 5) is 29.6. The van der Waals surface area contributed by atoms with Gasteiger partial charge in [0, 0.05) is 27.3 Å². The molecular formula is C22H20Cl5N5O2. The molecular weight excluding hydrogens is 544 g/mol. The Morgan fingerprint density at radius 3 is 2.21 bits per heavy atom. The van der Waals surface area contributed by atoms with E-state index in [9.17, 15) is 9.59 Å². The van der Waals surface area contributed by atoms with Gasteiger partial charge in [-0.3, -0.25) is 14.9 Å². The smallest absolute Gasteiger partial charge is 0.259 e. The average Bonchev–Trinajstić information content (AvgIpc) is 3.30. The maximum atomic E-state index is 12.9. The van der Waals surface area contributed by atoms with E-state index < -0.39 is 28.0 Å². The number of hydrogen-bond acceptors (Lipinski definition) is 4. The highest BCUT2D eigenvalue weighted by Crippen LogP contribution is 2.65. The quantitative estimate of drug-likeness (QED) is 0.220. The monoisotopic (exact) mass is 561 g/mol. The summed E-state index contributed by atoms with van der Waals surface area (Å²) < 4.78 is -1.35. The summed E-state index contributed by atoms with van der Waals surface area (Å²) in [6.45, 7) is 3.30. The van der Waals surface area contributed by atoms with Gasteiger partial charge in [0.15, 0.2) is 0 Å². The molecule has 12 heteroatoms. The molecule has 1 aliphatic carbocycles. The number of nitrogens with two attached hydrogens (primary N) is 2. The number of nitrogens with zero attached hydrogens (tertiary/aromatic N) is 1. The summed E-state index contributed by atoms with van der Waals surface area (Å²) in [5.41, 5.74) is 13.3. The van der Waals surface area contributed by atoms with Gasteiger partial charge in [0.05, 0.1) is 22.2 Å². The normalized spacial score (nSPS) is 19.8. The van der Waals surface area contributed by atoms with Crippen LogP contribution in [0.1, 0.15) is 35.7 Å². The zero-order valence-corrected chi connectivity index (χ0v) is 21.7. The van der Waals surface area contributed by atoms with Crippen LogP contribution in [0.2, 0.25) is 15.1 Å². The van der Waals surface area contributed by atoms with Crippen LogP contribution in [0, 0.1) is 5.92 Å². The van der Waals surface area contributed by atoms with Gasteiger partial charge in [-0.25, -0.2) is 4.99 Å². The predicted octanol–water partition coefficient (Wildman–Crippen LogP) is 5.43. The fraction of sp³-hybridized carbons (Fsp3) is 0.227. The van der Waals surface area contributed by atoms with Gasteiger partial charge in [-0.2, -0.15) is 0 Å². The maximum Gasteiger partial charge on any atom is 0.259 e. The number of anilines is 1. The van der Waals surface area contributed by atoms with Gasteiger partial charge in [0.2, 0.25) is 11.9 Å². The number of benzene rings is 2. The molecule has 2 unspecified atom stereocenters. The first-order chi connectivity index (χ1) is 15.8. The summed E-state index contributed by atoms with van der Waals surface area (Å²) in [5.74, 6) is -2.50. The van der Waals surface area contributed by atoms with Crippen molar-refractivity contribution in [1.82, 2.24) is 5.32 Å². The van der Waals surface area contributed by atoms with Crippen LogP contribution in [0.5, 0.6) is 0 Å². The van der Waals surface area contributed by atoms with Crippen molar-refractivity contribution in [2.24, 2.45) is 22.4 Å². The van der Waals surface area contributed by atoms with Crippen molar-refractivity contribution in [2.45, 2.75) is 24.1 Å². The molecule has 1 fully saturated rings. The van der Waals surface area contributed by atoms with E-state index in [1.807, 2.05) is 0 Å². The van der Waals surface area contributed by atoms with Gasteiger partial charge in [-0.05, 0) is 55.8 Å². The number of alkyl halides is 2. The molecule has 0 heterocycles. The van der Waals surface area contributed by atoms with Crippen LogP contribution in [0.15, 0.2) is 52.8 Å². The summed E-state index contributed by atoms with van der Waals surface area (Å²) in [7, 11) is 0. The number of halogens is 5. The molecule has 0 aliphatic heterocycles. The van der Waals surface area contributed by atoms with Gasteiger partial charge < -0.3 is 16.8 Å². The van der Waals surface area contributed by atoms with Crippen LogP contribution in [0.3, 0.4) is 0 Å². The van der Waals surface area contributed by atoms with Crippen molar-refractivity contribution < 1.29 is 9.59 Å². The molecule has 3 rings (SSSR count). The van der Waals surface area contributed by atoms with Gasteiger partial charge in [-0.1, -0.05) is 34.8 Å². The molecule has 6 N–H and O–H groups in total. The van der Waals surface area contributed by atoms with Crippen molar-refractivity contribution in [3.63, 3.8) is 0 Å². The Labute approximate surface area is 221 Å². The Morgan fingerprint density at radius 1 is 1.00 bits per heavy atom. The maximum absolute atomic E-state index is 12.9. The third-order valence-corrected chi connectivity index (χ3v) is 6.87. The second-order valence-electron chi connectivity index (χ2n) is 7.74. The number of aliphatic imine (C=N–C) groups is 1. The third-order valence-electron chi connectivity index (χ3n) is 5.16. The van der Waals surface area contributed by atoms with Crippen molar-refractivity contribution in [1.29, 1.82) is 0 Å². The zero-order chi connectivity index (χ0) is 25.4. The Hall–Kier alpha value is -2.16. The SMILES string of the molecule is C/C(N)=C(C)/N=C(\N)NC(=O)c1cc(NC(=O)C2C(c3cc(Cl)cc(Cl)c3)C2(Cl)Cl)ccc1Cl. The lowest BCUT2D eigenvalue weighted by molar-refractivity contribution is -0.117. The third kappa shape index (κ3) is 5.90. The highest BCUT2D eigenvalue weighted by Gasteiger charge is 2.67. The molecule has 1 aliphatic rings. The van der Waals surface area contributed by atoms with E-state index in [-0.39, 0.29) is 16.5 Å². The number of rotatable bonds is 5. The van der Waals surface area contributed by atoms with Crippen molar-refractivity contribution >= 4 is 81.5 Å². The van der Waals surface area contributed by atoms with E-state index in [1.165, 1.54) is 18.2 Å². The van der Waals surface area contributed by atoms with E-state index in [0.717, 1.165) is 0 Å². The van der Waals surface area contributed by atoms with Gasteiger partial charge >= 0.3 is 0 Å². The lowest BCUT2D eigenvalue weighted by Crippen LogP contribution is -2.37. The van der Waals surface area contributed by atoms with Crippen LogP contribution >= 0.6 is 58.0 Å². The number of allylic oxidation sites excluding steroid dienone is 2. The van der Waals surface area contributed by atoms with Gasteiger partial charge in [-0.15, -0.1) is 23.2 Å². The Bertz CT molecular complexity index is 1200. The number of carbonyl (C=O) groups excluding carboxylic acids is 2. The van der Waals surface area contributed by atoms with Crippen molar-refractivity contribution in [2.75, 3.05) is 5.32 Å². The molecule has 7 nitrogen and oxygen atoms in total. The minimum Gasteiger partial charge on any atom is -0.401 e. The summed E-state index contributed by atoms with van der Waals surface area (Å²) in [5, 5.41) is 6.09. The molecule has 0 radical (unpaired) electrons. The van der Waals surface area contributed by atoms with Crippen molar-refractivity contribution in [3.05, 3.63) is 74.0 Å². The predicted molar refractivity (Wildman–Crippen MR) is 139 cm³/mol. The number of hydrogen-bond donors (Lipinski definition) is 4. The van der Waals surface area contributed by atoms with E-state index in [4.69, 9.17) is 69.5 Å². The Kier molecular flexibility index (Phi) is 7.95. The molecule has 34 heavy (non-hydrogen) atoms. The van der Waals surface area contributed by atoms with E-state index in [1.54, 1.807) is 32.0 Å². The second kappa shape index (κ2) is 10.2. The lowest BCUT2D eigenvalue weighted by Gasteiger charge is -2.10. The second-order valence-corrected chi connectivity index (χ2v) is 10.5. The fourth-order valence-corrected chi connectivity index (χ4v) is 4.87. The lowest BCUT2D eigenvalue weighted by atomic mass is 10.1. The Balaban J connectivity index is 1.77. The van der Waals surface area contributed by atoms with E-state index in [2.05, 4.69) is 15.6 Å². The summed E-state index contributed by atoms with van der Waals surface area (Å²) in [6, 6.07) is 9.29. The first-order valence-electron chi connectivity index (χ1n) is 9.84. The zero-order valence-electron chi connectivity index (χ0n) is 17.9. The van der Waals surface area contributed by atoms with Crippen LogP contribution in [-0.4, -0.2) is 22.1 Å². The molecule has 0 aromatic heterocycles. The molecule has 2 aromatic rings. The Morgan fingerprint density at radius 2 is 1.62 bits per heavy atom. The number of nitrogens with one attached hydrogen (secondary N) is 2. The van der Waals surface area contributed by atoms with Gasteiger partial charge in [0.1, 0.15) is 4.33 Å². The molecule has 180 valence electrons. The fourth-order valence-electron chi connectivity index (χ4n) is 3.30. The topological polar surface area (TPSA) is 123 Å². The van der Waals surface area contributed by atoms with Crippen LogP contribution in [0.4, 0.5) is 5.69 Å². The number of carbonyl (C=O) groups is 2. The largest absolute Gasteiger partial charge is 0.401 e. The van der Waals surface area contributed by atoms with E-state index >= 15 is 0 Å². The van der Waals surface area contributed by atoms with E-state index in [0.29, 0.717) is 32.7 Å². The average molecular weight is 564 g/mol. The highest BCUT2D eigenvalue weighted by atomic mass is 35.5. The molecule has 0 bridgehead atoms. The first kappa shape index (κ1) is 26.4.